The smallest absolute Gasteiger partial charge is 0.268 e. The van der Waals surface area contributed by atoms with Gasteiger partial charge in [0, 0.05) is 18.3 Å². The van der Waals surface area contributed by atoms with E-state index in [0.717, 1.165) is 18.7 Å². The zero-order chi connectivity index (χ0) is 20.1. The van der Waals surface area contributed by atoms with Crippen LogP contribution in [0.2, 0.25) is 0 Å². The van der Waals surface area contributed by atoms with E-state index in [1.165, 1.54) is 23.8 Å². The Morgan fingerprint density at radius 3 is 2.87 bits per heavy atom. The minimum atomic E-state index is -0.276. The third-order valence-corrected chi connectivity index (χ3v) is 5.66. The molecule has 10 heteroatoms. The van der Waals surface area contributed by atoms with Crippen LogP contribution in [-0.2, 0) is 0 Å². The summed E-state index contributed by atoms with van der Waals surface area (Å²) in [7, 11) is 0. The molecule has 1 aliphatic rings. The molecule has 1 N–H and O–H groups in total. The first-order valence-electron chi connectivity index (χ1n) is 10.0. The van der Waals surface area contributed by atoms with Crippen molar-refractivity contribution in [2.45, 2.75) is 38.0 Å². The average molecular weight is 402 g/mol. The van der Waals surface area contributed by atoms with Gasteiger partial charge in [0.25, 0.3) is 17.3 Å². The highest BCUT2D eigenvalue weighted by Crippen LogP contribution is 2.31. The van der Waals surface area contributed by atoms with E-state index in [1.54, 1.807) is 35.3 Å². The molecule has 0 spiro atoms. The van der Waals surface area contributed by atoms with Crippen molar-refractivity contribution in [1.29, 1.82) is 0 Å². The molecule has 150 valence electrons. The molecule has 6 rings (SSSR count). The van der Waals surface area contributed by atoms with Crippen molar-refractivity contribution < 1.29 is 4.42 Å². The molecule has 0 atom stereocenters. The molecule has 0 radical (unpaired) electrons. The van der Waals surface area contributed by atoms with E-state index in [4.69, 9.17) is 9.52 Å². The Hall–Kier alpha value is -3.82. The highest BCUT2D eigenvalue weighted by Gasteiger charge is 2.21. The lowest BCUT2D eigenvalue weighted by Crippen LogP contribution is -2.20. The predicted octanol–water partition coefficient (Wildman–Crippen LogP) is 2.85. The van der Waals surface area contributed by atoms with Gasteiger partial charge in [-0.3, -0.25) is 9.89 Å². The predicted molar refractivity (Wildman–Crippen MR) is 107 cm³/mol. The lowest BCUT2D eigenvalue weighted by Gasteiger charge is -2.17. The van der Waals surface area contributed by atoms with Crippen molar-refractivity contribution in [3.05, 3.63) is 53.0 Å². The number of H-pyrrole nitrogens is 1. The van der Waals surface area contributed by atoms with Gasteiger partial charge >= 0.3 is 0 Å². The molecule has 0 bridgehead atoms. The maximum Gasteiger partial charge on any atom is 0.268 e. The first kappa shape index (κ1) is 17.1. The van der Waals surface area contributed by atoms with Crippen LogP contribution in [0.5, 0.6) is 0 Å². The SMILES string of the molecule is O=c1c2cnc3nc(C4CCCCC4)nn3c2ccn1-c1n[nH]c(-c2ccco2)n1. The Kier molecular flexibility index (Phi) is 3.76. The van der Waals surface area contributed by atoms with Crippen LogP contribution in [0.25, 0.3) is 34.2 Å². The van der Waals surface area contributed by atoms with Gasteiger partial charge in [-0.05, 0) is 31.0 Å². The molecule has 30 heavy (non-hydrogen) atoms. The number of furan rings is 1. The van der Waals surface area contributed by atoms with Gasteiger partial charge in [0.15, 0.2) is 17.4 Å². The Morgan fingerprint density at radius 2 is 2.03 bits per heavy atom. The number of hydrogen-bond donors (Lipinski definition) is 1. The fraction of sp³-hybridized carbons (Fsp3) is 0.300. The fourth-order valence-electron chi connectivity index (χ4n) is 4.11. The van der Waals surface area contributed by atoms with E-state index in [-0.39, 0.29) is 11.5 Å². The van der Waals surface area contributed by atoms with Gasteiger partial charge in [0.2, 0.25) is 0 Å². The Labute approximate surface area is 169 Å². The van der Waals surface area contributed by atoms with Gasteiger partial charge < -0.3 is 4.42 Å². The summed E-state index contributed by atoms with van der Waals surface area (Å²) in [6, 6.07) is 5.34. The molecule has 5 aromatic rings. The highest BCUT2D eigenvalue weighted by atomic mass is 16.3. The number of aromatic nitrogens is 8. The Morgan fingerprint density at radius 1 is 1.13 bits per heavy atom. The number of nitrogens with zero attached hydrogens (tertiary/aromatic N) is 7. The first-order valence-corrected chi connectivity index (χ1v) is 10.0. The molecule has 0 aromatic carbocycles. The zero-order valence-electron chi connectivity index (χ0n) is 16.0. The maximum atomic E-state index is 13.1. The van der Waals surface area contributed by atoms with Crippen molar-refractivity contribution >= 4 is 16.7 Å². The number of rotatable bonds is 3. The van der Waals surface area contributed by atoms with Crippen LogP contribution < -0.4 is 5.56 Å². The second-order valence-corrected chi connectivity index (χ2v) is 7.53. The Balaban J connectivity index is 1.45. The van der Waals surface area contributed by atoms with Gasteiger partial charge in [0.05, 0.1) is 17.2 Å². The topological polar surface area (TPSA) is 120 Å². The highest BCUT2D eigenvalue weighted by molar-refractivity contribution is 5.78. The third kappa shape index (κ3) is 2.64. The molecule has 0 aliphatic heterocycles. The average Bonchev–Trinajstić information content (AvgIpc) is 3.54. The first-order chi connectivity index (χ1) is 14.8. The van der Waals surface area contributed by atoms with Crippen molar-refractivity contribution in [3.63, 3.8) is 0 Å². The summed E-state index contributed by atoms with van der Waals surface area (Å²) in [5.41, 5.74) is 0.388. The van der Waals surface area contributed by atoms with E-state index >= 15 is 0 Å². The molecule has 0 saturated heterocycles. The summed E-state index contributed by atoms with van der Waals surface area (Å²) >= 11 is 0. The second kappa shape index (κ2) is 6.61. The maximum absolute atomic E-state index is 13.1. The normalized spacial score (nSPS) is 15.3. The monoisotopic (exact) mass is 402 g/mol. The molecule has 1 saturated carbocycles. The minimum Gasteiger partial charge on any atom is -0.461 e. The lowest BCUT2D eigenvalue weighted by molar-refractivity contribution is 0.429. The number of hydrogen-bond acceptors (Lipinski definition) is 7. The van der Waals surface area contributed by atoms with E-state index in [1.807, 2.05) is 6.07 Å². The number of aromatic amines is 1. The van der Waals surface area contributed by atoms with E-state index < -0.39 is 0 Å². The van der Waals surface area contributed by atoms with Crippen molar-refractivity contribution in [3.8, 4) is 17.5 Å². The van der Waals surface area contributed by atoms with Crippen LogP contribution >= 0.6 is 0 Å². The fourth-order valence-corrected chi connectivity index (χ4v) is 4.11. The van der Waals surface area contributed by atoms with Crippen LogP contribution in [0.15, 0.2) is 46.1 Å². The summed E-state index contributed by atoms with van der Waals surface area (Å²) in [4.78, 5) is 26.5. The Bertz CT molecular complexity index is 1410. The molecule has 10 nitrogen and oxygen atoms in total. The van der Waals surface area contributed by atoms with Gasteiger partial charge in [-0.25, -0.2) is 9.55 Å². The second-order valence-electron chi connectivity index (χ2n) is 7.53. The van der Waals surface area contributed by atoms with E-state index in [9.17, 15) is 4.79 Å². The van der Waals surface area contributed by atoms with Crippen molar-refractivity contribution in [2.75, 3.05) is 0 Å². The summed E-state index contributed by atoms with van der Waals surface area (Å²) < 4.78 is 8.36. The van der Waals surface area contributed by atoms with Gasteiger partial charge in [-0.1, -0.05) is 19.3 Å². The molecule has 1 aliphatic carbocycles. The lowest BCUT2D eigenvalue weighted by atomic mass is 9.89. The quantitative estimate of drug-likeness (QED) is 0.493. The van der Waals surface area contributed by atoms with E-state index in [0.29, 0.717) is 34.2 Å². The molecule has 0 amide bonds. The number of nitrogens with one attached hydrogen (secondary N) is 1. The summed E-state index contributed by atoms with van der Waals surface area (Å²) in [6.45, 7) is 0. The van der Waals surface area contributed by atoms with Crippen molar-refractivity contribution in [2.24, 2.45) is 0 Å². The molecular formula is C20H18N8O2. The summed E-state index contributed by atoms with van der Waals surface area (Å²) in [5.74, 6) is 2.92. The van der Waals surface area contributed by atoms with E-state index in [2.05, 4.69) is 25.1 Å². The van der Waals surface area contributed by atoms with Gasteiger partial charge in [-0.2, -0.15) is 14.5 Å². The standard InChI is InChI=1S/C20H18N8O2/c29-18-13-11-21-19-22-16(12-5-2-1-3-6-12)26-28(19)14(13)8-9-27(18)20-23-17(24-25-20)15-7-4-10-30-15/h4,7-12H,1-3,5-6H2,(H,23,24,25). The zero-order valence-corrected chi connectivity index (χ0v) is 16.0. The van der Waals surface area contributed by atoms with Crippen LogP contribution in [-0.4, -0.2) is 39.3 Å². The van der Waals surface area contributed by atoms with Crippen LogP contribution in [0.4, 0.5) is 0 Å². The van der Waals surface area contributed by atoms with Crippen LogP contribution in [0.1, 0.15) is 43.8 Å². The number of pyridine rings is 1. The molecule has 1 fully saturated rings. The van der Waals surface area contributed by atoms with Gasteiger partial charge in [0.1, 0.15) is 0 Å². The molecule has 5 heterocycles. The molecule has 5 aromatic heterocycles. The summed E-state index contributed by atoms with van der Waals surface area (Å²) in [6.07, 6.45) is 10.6. The van der Waals surface area contributed by atoms with Gasteiger partial charge in [-0.15, -0.1) is 10.2 Å². The van der Waals surface area contributed by atoms with Crippen LogP contribution in [0.3, 0.4) is 0 Å². The minimum absolute atomic E-state index is 0.231. The molecular weight excluding hydrogens is 384 g/mol. The third-order valence-electron chi connectivity index (χ3n) is 5.66. The summed E-state index contributed by atoms with van der Waals surface area (Å²) in [5, 5.41) is 12.1. The molecule has 0 unspecified atom stereocenters. The van der Waals surface area contributed by atoms with Crippen molar-refractivity contribution in [1.82, 2.24) is 39.3 Å². The van der Waals surface area contributed by atoms with Crippen LogP contribution in [0, 0.1) is 0 Å². The number of fused-ring (bicyclic) bond motifs is 3. The largest absolute Gasteiger partial charge is 0.461 e.